The first kappa shape index (κ1) is 15.3. The molecule has 22 heavy (non-hydrogen) atoms. The van der Waals surface area contributed by atoms with Crippen LogP contribution in [0.3, 0.4) is 0 Å². The number of halogens is 1. The van der Waals surface area contributed by atoms with E-state index in [1.54, 1.807) is 18.9 Å². The van der Waals surface area contributed by atoms with Gasteiger partial charge in [0, 0.05) is 28.4 Å². The SMILES string of the molecule is COc1cc(C2=NCCS2)ccc1OCc1ccccc1Cl. The first-order valence-corrected chi connectivity index (χ1v) is 8.36. The summed E-state index contributed by atoms with van der Waals surface area (Å²) in [6.45, 7) is 1.29. The molecule has 5 heteroatoms. The molecule has 1 heterocycles. The van der Waals surface area contributed by atoms with Crippen molar-refractivity contribution in [2.75, 3.05) is 19.4 Å². The van der Waals surface area contributed by atoms with Crippen molar-refractivity contribution in [2.24, 2.45) is 4.99 Å². The summed E-state index contributed by atoms with van der Waals surface area (Å²) in [6, 6.07) is 13.6. The van der Waals surface area contributed by atoms with Crippen LogP contribution in [0.2, 0.25) is 5.02 Å². The zero-order valence-electron chi connectivity index (χ0n) is 12.2. The molecule has 0 fully saturated rings. The van der Waals surface area contributed by atoms with Crippen molar-refractivity contribution in [3.05, 3.63) is 58.6 Å². The minimum atomic E-state index is 0.408. The lowest BCUT2D eigenvalue weighted by molar-refractivity contribution is 0.284. The molecular formula is C17H16ClNO2S. The third kappa shape index (κ3) is 3.39. The van der Waals surface area contributed by atoms with Gasteiger partial charge in [-0.25, -0.2) is 0 Å². The van der Waals surface area contributed by atoms with Crippen molar-refractivity contribution in [2.45, 2.75) is 6.61 Å². The lowest BCUT2D eigenvalue weighted by atomic mass is 10.2. The highest BCUT2D eigenvalue weighted by atomic mass is 35.5. The van der Waals surface area contributed by atoms with Gasteiger partial charge in [-0.3, -0.25) is 4.99 Å². The van der Waals surface area contributed by atoms with E-state index in [1.165, 1.54) is 0 Å². The van der Waals surface area contributed by atoms with Gasteiger partial charge in [0.05, 0.1) is 12.2 Å². The lowest BCUT2D eigenvalue weighted by Crippen LogP contribution is -2.00. The van der Waals surface area contributed by atoms with Crippen molar-refractivity contribution in [1.82, 2.24) is 0 Å². The van der Waals surface area contributed by atoms with E-state index in [9.17, 15) is 0 Å². The summed E-state index contributed by atoms with van der Waals surface area (Å²) < 4.78 is 11.3. The van der Waals surface area contributed by atoms with Crippen molar-refractivity contribution in [3.8, 4) is 11.5 Å². The molecule has 0 aromatic heterocycles. The quantitative estimate of drug-likeness (QED) is 0.811. The predicted molar refractivity (Wildman–Crippen MR) is 92.6 cm³/mol. The number of aliphatic imine (C=N–C) groups is 1. The molecule has 1 aliphatic heterocycles. The van der Waals surface area contributed by atoms with Crippen LogP contribution in [0.15, 0.2) is 47.5 Å². The van der Waals surface area contributed by atoms with Gasteiger partial charge in [-0.2, -0.15) is 0 Å². The van der Waals surface area contributed by atoms with E-state index in [2.05, 4.69) is 4.99 Å². The average Bonchev–Trinajstić information content (AvgIpc) is 3.08. The van der Waals surface area contributed by atoms with Crippen molar-refractivity contribution in [1.29, 1.82) is 0 Å². The van der Waals surface area contributed by atoms with Gasteiger partial charge < -0.3 is 9.47 Å². The number of hydrogen-bond donors (Lipinski definition) is 0. The predicted octanol–water partition coefficient (Wildman–Crippen LogP) is 4.42. The Morgan fingerprint density at radius 3 is 2.77 bits per heavy atom. The molecule has 0 radical (unpaired) electrons. The average molecular weight is 334 g/mol. The summed E-state index contributed by atoms with van der Waals surface area (Å²) in [5.74, 6) is 2.46. The highest BCUT2D eigenvalue weighted by Gasteiger charge is 2.13. The second-order valence-corrected chi connectivity index (χ2v) is 6.27. The number of rotatable bonds is 5. The molecule has 0 unspecified atom stereocenters. The van der Waals surface area contributed by atoms with E-state index in [0.717, 1.165) is 28.5 Å². The van der Waals surface area contributed by atoms with Crippen LogP contribution in [0.4, 0.5) is 0 Å². The molecule has 3 rings (SSSR count). The largest absolute Gasteiger partial charge is 0.493 e. The van der Waals surface area contributed by atoms with E-state index < -0.39 is 0 Å². The van der Waals surface area contributed by atoms with Crippen LogP contribution in [0.25, 0.3) is 0 Å². The molecule has 114 valence electrons. The Labute approximate surface area is 139 Å². The number of nitrogens with zero attached hydrogens (tertiary/aromatic N) is 1. The molecule has 0 N–H and O–H groups in total. The molecule has 0 saturated carbocycles. The van der Waals surface area contributed by atoms with E-state index in [-0.39, 0.29) is 0 Å². The van der Waals surface area contributed by atoms with Crippen molar-refractivity contribution < 1.29 is 9.47 Å². The Morgan fingerprint density at radius 1 is 1.18 bits per heavy atom. The van der Waals surface area contributed by atoms with E-state index in [4.69, 9.17) is 21.1 Å². The molecule has 0 spiro atoms. The molecule has 0 saturated heterocycles. The zero-order valence-corrected chi connectivity index (χ0v) is 13.8. The summed E-state index contributed by atoms with van der Waals surface area (Å²) >= 11 is 7.91. The first-order chi connectivity index (χ1) is 10.8. The number of hydrogen-bond acceptors (Lipinski definition) is 4. The van der Waals surface area contributed by atoms with Gasteiger partial charge in [-0.1, -0.05) is 29.8 Å². The van der Waals surface area contributed by atoms with Gasteiger partial charge in [-0.05, 0) is 24.3 Å². The number of methoxy groups -OCH3 is 1. The first-order valence-electron chi connectivity index (χ1n) is 7.00. The fraction of sp³-hybridized carbons (Fsp3) is 0.235. The van der Waals surface area contributed by atoms with Gasteiger partial charge in [-0.15, -0.1) is 11.8 Å². The Bertz CT molecular complexity index is 703. The maximum absolute atomic E-state index is 6.15. The molecule has 2 aromatic rings. The van der Waals surface area contributed by atoms with Crippen molar-refractivity contribution >= 4 is 28.4 Å². The van der Waals surface area contributed by atoms with Crippen molar-refractivity contribution in [3.63, 3.8) is 0 Å². The molecular weight excluding hydrogens is 318 g/mol. The molecule has 0 atom stereocenters. The number of thioether (sulfide) groups is 1. The summed E-state index contributed by atoms with van der Waals surface area (Å²) in [4.78, 5) is 4.48. The number of ether oxygens (including phenoxy) is 2. The molecule has 0 amide bonds. The Morgan fingerprint density at radius 2 is 2.05 bits per heavy atom. The monoisotopic (exact) mass is 333 g/mol. The van der Waals surface area contributed by atoms with Gasteiger partial charge in [0.25, 0.3) is 0 Å². The second-order valence-electron chi connectivity index (χ2n) is 4.78. The third-order valence-corrected chi connectivity index (χ3v) is 4.73. The van der Waals surface area contributed by atoms with E-state index in [1.807, 2.05) is 42.5 Å². The van der Waals surface area contributed by atoms with Gasteiger partial charge in [0.2, 0.25) is 0 Å². The summed E-state index contributed by atoms with van der Waals surface area (Å²) in [7, 11) is 1.64. The maximum Gasteiger partial charge on any atom is 0.161 e. The summed E-state index contributed by atoms with van der Waals surface area (Å²) in [6.07, 6.45) is 0. The fourth-order valence-electron chi connectivity index (χ4n) is 2.20. The summed E-state index contributed by atoms with van der Waals surface area (Å²) in [5, 5.41) is 1.77. The minimum absolute atomic E-state index is 0.408. The normalized spacial score (nSPS) is 13.8. The standard InChI is InChI=1S/C17H16ClNO2S/c1-20-16-10-12(17-19-8-9-22-17)6-7-15(16)21-11-13-4-2-3-5-14(13)18/h2-7,10H,8-9,11H2,1H3. The lowest BCUT2D eigenvalue weighted by Gasteiger charge is -2.13. The highest BCUT2D eigenvalue weighted by molar-refractivity contribution is 8.14. The van der Waals surface area contributed by atoms with Crippen LogP contribution < -0.4 is 9.47 Å². The van der Waals surface area contributed by atoms with Gasteiger partial charge in [0.1, 0.15) is 6.61 Å². The second kappa shape index (κ2) is 7.07. The molecule has 3 nitrogen and oxygen atoms in total. The van der Waals surface area contributed by atoms with Crippen LogP contribution in [0, 0.1) is 0 Å². The zero-order chi connectivity index (χ0) is 15.4. The summed E-state index contributed by atoms with van der Waals surface area (Å²) in [5.41, 5.74) is 2.02. The van der Waals surface area contributed by atoms with Crippen LogP contribution in [0.5, 0.6) is 11.5 Å². The number of benzene rings is 2. The van der Waals surface area contributed by atoms with Crippen LogP contribution >= 0.6 is 23.4 Å². The smallest absolute Gasteiger partial charge is 0.161 e. The fourth-order valence-corrected chi connectivity index (χ4v) is 3.24. The van der Waals surface area contributed by atoms with E-state index in [0.29, 0.717) is 23.1 Å². The third-order valence-electron chi connectivity index (χ3n) is 3.34. The van der Waals surface area contributed by atoms with Crippen LogP contribution in [0.1, 0.15) is 11.1 Å². The van der Waals surface area contributed by atoms with Crippen LogP contribution in [-0.4, -0.2) is 24.5 Å². The maximum atomic E-state index is 6.15. The highest BCUT2D eigenvalue weighted by Crippen LogP contribution is 2.31. The molecule has 0 bridgehead atoms. The Balaban J connectivity index is 1.77. The van der Waals surface area contributed by atoms with Crippen LogP contribution in [-0.2, 0) is 6.61 Å². The molecule has 2 aromatic carbocycles. The minimum Gasteiger partial charge on any atom is -0.493 e. The molecule has 0 aliphatic carbocycles. The topological polar surface area (TPSA) is 30.8 Å². The van der Waals surface area contributed by atoms with E-state index >= 15 is 0 Å². The Kier molecular flexibility index (Phi) is 4.90. The van der Waals surface area contributed by atoms with Gasteiger partial charge >= 0.3 is 0 Å². The molecule has 1 aliphatic rings. The Hall–Kier alpha value is -1.65. The van der Waals surface area contributed by atoms with Gasteiger partial charge in [0.15, 0.2) is 11.5 Å².